The summed E-state index contributed by atoms with van der Waals surface area (Å²) in [4.78, 5) is 13.7. The maximum atomic E-state index is 9.55. The molecule has 5 aromatic heterocycles. The van der Waals surface area contributed by atoms with E-state index in [4.69, 9.17) is 22.6 Å². The molecule has 0 radical (unpaired) electrons. The zero-order chi connectivity index (χ0) is 39.3. The second-order valence-corrected chi connectivity index (χ2v) is 20.7. The molecule has 0 aromatic carbocycles. The summed E-state index contributed by atoms with van der Waals surface area (Å²) in [5.41, 5.74) is 5.75. The van der Waals surface area contributed by atoms with E-state index < -0.39 is 0 Å². The molecule has 0 bridgehead atoms. The van der Waals surface area contributed by atoms with Crippen molar-refractivity contribution in [3.05, 3.63) is 86.8 Å². The van der Waals surface area contributed by atoms with Gasteiger partial charge >= 0.3 is 0 Å². The minimum Gasteiger partial charge on any atom is -0.492 e. The summed E-state index contributed by atoms with van der Waals surface area (Å²) in [6.07, 6.45) is 21.8. The van der Waals surface area contributed by atoms with Gasteiger partial charge in [-0.25, -0.2) is 20.2 Å². The largest absolute Gasteiger partial charge is 0.492 e. The third-order valence-corrected chi connectivity index (χ3v) is 18.1. The Morgan fingerprint density at radius 1 is 0.649 bits per heavy atom. The van der Waals surface area contributed by atoms with Crippen molar-refractivity contribution in [2.75, 3.05) is 13.2 Å². The molecule has 2 saturated carbocycles. The lowest BCUT2D eigenvalue weighted by molar-refractivity contribution is 0.316. The highest BCUT2D eigenvalue weighted by Crippen LogP contribution is 2.67. The normalized spacial score (nSPS) is 18.2. The Morgan fingerprint density at radius 3 is 1.44 bits per heavy atom. The van der Waals surface area contributed by atoms with E-state index in [1.807, 2.05) is 58.3 Å². The molecular weight excluding hydrogens is 801 g/mol. The number of hydrogen-bond acceptors (Lipinski definition) is 9. The van der Waals surface area contributed by atoms with Crippen LogP contribution in [0, 0.1) is 35.8 Å². The van der Waals surface area contributed by atoms with Crippen molar-refractivity contribution in [2.24, 2.45) is 0 Å². The minimum atomic E-state index is -0.0953. The summed E-state index contributed by atoms with van der Waals surface area (Å²) in [6.45, 7) is 20.5. The Morgan fingerprint density at radius 2 is 1.07 bits per heavy atom. The second kappa shape index (κ2) is 15.4. The molecule has 5 heterocycles. The highest BCUT2D eigenvalue weighted by Gasteiger charge is 2.50. The molecule has 0 atom stereocenters. The van der Waals surface area contributed by atoms with Crippen molar-refractivity contribution in [3.63, 3.8) is 0 Å². The highest BCUT2D eigenvalue weighted by atomic mass is 32.1. The van der Waals surface area contributed by atoms with Gasteiger partial charge in [0.2, 0.25) is 0 Å². The SMILES string of the molecule is [C-]#[N+]/C(C#N)=C\c1cc(OCCC)c(C2=Cc3sc4c(sc5c6c(sc54)C=C(c4sc(/C=C(\C#N)[N+]#[C-])cc4OCCC)C64CCCCC4)c3C23CCCCC3)s1. The molecular formula is C46H40N4O2S5. The maximum Gasteiger partial charge on any atom is 0.263 e. The zero-order valence-corrected chi connectivity index (χ0v) is 36.1. The van der Waals surface area contributed by atoms with Gasteiger partial charge in [0, 0.05) is 30.3 Å². The first-order valence-electron chi connectivity index (χ1n) is 19.9. The molecule has 2 fully saturated rings. The first-order chi connectivity index (χ1) is 27.9. The van der Waals surface area contributed by atoms with Gasteiger partial charge in [0.05, 0.1) is 67.1 Å². The van der Waals surface area contributed by atoms with E-state index in [2.05, 4.69) is 35.7 Å². The smallest absolute Gasteiger partial charge is 0.263 e. The molecule has 9 rings (SSSR count). The van der Waals surface area contributed by atoms with Crippen LogP contribution in [0.4, 0.5) is 0 Å². The molecule has 0 N–H and O–H groups in total. The van der Waals surface area contributed by atoms with Gasteiger partial charge in [-0.1, -0.05) is 52.4 Å². The fourth-order valence-corrected chi connectivity index (χ4v) is 16.8. The average Bonchev–Trinajstić information content (AvgIpc) is 4.10. The van der Waals surface area contributed by atoms with Crippen molar-refractivity contribution in [1.29, 1.82) is 10.5 Å². The van der Waals surface area contributed by atoms with Gasteiger partial charge < -0.3 is 9.47 Å². The van der Waals surface area contributed by atoms with Crippen molar-refractivity contribution in [3.8, 4) is 23.6 Å². The number of hydrogen-bond donors (Lipinski definition) is 0. The predicted molar refractivity (Wildman–Crippen MR) is 241 cm³/mol. The number of nitriles is 2. The highest BCUT2D eigenvalue weighted by molar-refractivity contribution is 7.39. The number of rotatable bonds is 10. The topological polar surface area (TPSA) is 74.8 Å². The van der Waals surface area contributed by atoms with E-state index in [1.54, 1.807) is 34.8 Å². The Labute approximate surface area is 353 Å². The molecule has 2 spiro atoms. The van der Waals surface area contributed by atoms with Gasteiger partial charge in [-0.15, -0.1) is 56.7 Å². The van der Waals surface area contributed by atoms with Crippen molar-refractivity contribution in [1.82, 2.24) is 0 Å². The summed E-state index contributed by atoms with van der Waals surface area (Å²) < 4.78 is 18.6. The lowest BCUT2D eigenvalue weighted by Crippen LogP contribution is -2.28. The number of thiophene rings is 5. The maximum absolute atomic E-state index is 9.55. The first-order valence-corrected chi connectivity index (χ1v) is 24.0. The van der Waals surface area contributed by atoms with Crippen LogP contribution in [0.3, 0.4) is 0 Å². The summed E-state index contributed by atoms with van der Waals surface area (Å²) in [5, 5.41) is 19.1. The summed E-state index contributed by atoms with van der Waals surface area (Å²) >= 11 is 9.28. The van der Waals surface area contributed by atoms with E-state index in [9.17, 15) is 10.5 Å². The molecule has 4 aliphatic carbocycles. The van der Waals surface area contributed by atoms with E-state index in [0.29, 0.717) is 13.2 Å². The average molecular weight is 841 g/mol. The van der Waals surface area contributed by atoms with Crippen LogP contribution in [0.1, 0.15) is 131 Å². The fraction of sp³-hybridized carbons (Fsp3) is 0.391. The van der Waals surface area contributed by atoms with Gasteiger partial charge in [0.1, 0.15) is 11.5 Å². The molecule has 0 amide bonds. The molecule has 0 saturated heterocycles. The fourth-order valence-electron chi connectivity index (χ4n) is 9.68. The molecule has 286 valence electrons. The summed E-state index contributed by atoms with van der Waals surface area (Å²) in [5.74, 6) is 1.74. The van der Waals surface area contributed by atoms with Crippen LogP contribution < -0.4 is 9.47 Å². The number of ether oxygens (including phenoxy) is 2. The Balaban J connectivity index is 1.19. The summed E-state index contributed by atoms with van der Waals surface area (Å²) in [7, 11) is 0. The molecule has 6 nitrogen and oxygen atoms in total. The van der Waals surface area contributed by atoms with E-state index in [0.717, 1.165) is 69.5 Å². The Bertz CT molecular complexity index is 2520. The van der Waals surface area contributed by atoms with Gasteiger partial charge in [-0.05, 0) is 97.2 Å². The number of nitrogens with zero attached hydrogens (tertiary/aromatic N) is 4. The van der Waals surface area contributed by atoms with E-state index in [-0.39, 0.29) is 22.2 Å². The van der Waals surface area contributed by atoms with E-state index in [1.165, 1.54) is 89.4 Å². The van der Waals surface area contributed by atoms with Crippen molar-refractivity contribution >= 4 is 111 Å². The lowest BCUT2D eigenvalue weighted by Gasteiger charge is -2.37. The summed E-state index contributed by atoms with van der Waals surface area (Å²) in [6, 6.07) is 8.16. The molecule has 5 aromatic rings. The van der Waals surface area contributed by atoms with Crippen LogP contribution in [0.15, 0.2) is 23.5 Å². The van der Waals surface area contributed by atoms with Gasteiger partial charge in [-0.2, -0.15) is 0 Å². The van der Waals surface area contributed by atoms with Crippen LogP contribution >= 0.6 is 56.7 Å². The van der Waals surface area contributed by atoms with Crippen LogP contribution in [0.25, 0.3) is 63.9 Å². The van der Waals surface area contributed by atoms with Gasteiger partial charge in [-0.3, -0.25) is 0 Å². The van der Waals surface area contributed by atoms with Gasteiger partial charge in [0.25, 0.3) is 11.4 Å². The van der Waals surface area contributed by atoms with Gasteiger partial charge in [0.15, 0.2) is 0 Å². The van der Waals surface area contributed by atoms with Crippen molar-refractivity contribution < 1.29 is 9.47 Å². The molecule has 0 aliphatic heterocycles. The Hall–Kier alpha value is -4.46. The third kappa shape index (κ3) is 6.14. The minimum absolute atomic E-state index is 0.0901. The first kappa shape index (κ1) is 38.1. The Kier molecular flexibility index (Phi) is 10.3. The van der Waals surface area contributed by atoms with Crippen LogP contribution in [0.5, 0.6) is 11.5 Å². The zero-order valence-electron chi connectivity index (χ0n) is 32.0. The van der Waals surface area contributed by atoms with E-state index >= 15 is 0 Å². The lowest BCUT2D eigenvalue weighted by atomic mass is 9.67. The van der Waals surface area contributed by atoms with Crippen LogP contribution in [0.2, 0.25) is 0 Å². The quantitative estimate of drug-likeness (QED) is 0.104. The monoisotopic (exact) mass is 840 g/mol. The third-order valence-electron chi connectivity index (χ3n) is 12.0. The number of allylic oxidation sites excluding steroid dienone is 4. The molecule has 4 aliphatic rings. The molecule has 0 unspecified atom stereocenters. The predicted octanol–water partition coefficient (Wildman–Crippen LogP) is 15.0. The number of fused-ring (bicyclic) bond motifs is 9. The standard InChI is InChI=1S/C46H40N4O2S5/c1-5-17-51-33-21-29(19-27(25-47)49-3)53-39(33)31-23-35-37(45(31)13-9-7-10-14-45)41-43(55-35)44-42(57-41)38-36(56-44)24-32(46(38)15-11-8-12-16-46)40-34(52-18-6-2)22-30(54-40)20-28(26-48)50-4/h19-24H,5-18H2,1-2H3/b27-19-,28-20+. The van der Waals surface area contributed by atoms with Crippen LogP contribution in [-0.4, -0.2) is 13.2 Å². The second-order valence-electron chi connectivity index (χ2n) is 15.4. The van der Waals surface area contributed by atoms with Crippen LogP contribution in [-0.2, 0) is 10.8 Å². The molecule has 11 heteroatoms. The van der Waals surface area contributed by atoms with Crippen molar-refractivity contribution in [2.45, 2.75) is 102 Å². The molecule has 57 heavy (non-hydrogen) atoms.